The number of aromatic nitrogens is 3. The zero-order chi connectivity index (χ0) is 24.5. The summed E-state index contributed by atoms with van der Waals surface area (Å²) in [5, 5.41) is 7.35. The van der Waals surface area contributed by atoms with E-state index >= 15 is 0 Å². The van der Waals surface area contributed by atoms with Crippen molar-refractivity contribution < 1.29 is 26.1 Å². The molecule has 0 spiro atoms. The third-order valence-electron chi connectivity index (χ3n) is 5.02. The van der Waals surface area contributed by atoms with Crippen LogP contribution in [0.4, 0.5) is 19.0 Å². The maximum absolute atomic E-state index is 13.0. The highest BCUT2D eigenvalue weighted by molar-refractivity contribution is 7.89. The average molecular weight is 491 g/mol. The maximum Gasteiger partial charge on any atom is 0.416 e. The summed E-state index contributed by atoms with van der Waals surface area (Å²) in [5.41, 5.74) is 0.454. The molecule has 0 aliphatic carbocycles. The Kier molecular flexibility index (Phi) is 6.28. The van der Waals surface area contributed by atoms with Gasteiger partial charge in [-0.3, -0.25) is 0 Å². The van der Waals surface area contributed by atoms with Crippen LogP contribution in [-0.4, -0.2) is 23.5 Å². The van der Waals surface area contributed by atoms with Crippen LogP contribution in [0.25, 0.3) is 10.9 Å². The minimum atomic E-state index is -4.44. The lowest BCUT2D eigenvalue weighted by molar-refractivity contribution is -0.137. The van der Waals surface area contributed by atoms with Crippen LogP contribution in [0.2, 0.25) is 0 Å². The first-order valence-electron chi connectivity index (χ1n) is 10.1. The fourth-order valence-electron chi connectivity index (χ4n) is 3.47. The first-order valence-corrected chi connectivity index (χ1v) is 11.6. The number of rotatable bonds is 7. The molecule has 4 aromatic rings. The Morgan fingerprint density at radius 3 is 2.47 bits per heavy atom. The molecule has 0 aliphatic rings. The zero-order valence-corrected chi connectivity index (χ0v) is 19.0. The van der Waals surface area contributed by atoms with Gasteiger partial charge in [-0.1, -0.05) is 29.4 Å². The molecule has 0 aliphatic heterocycles. The van der Waals surface area contributed by atoms with Crippen molar-refractivity contribution in [3.05, 3.63) is 76.9 Å². The lowest BCUT2D eigenvalue weighted by Gasteiger charge is -2.13. The van der Waals surface area contributed by atoms with Gasteiger partial charge in [-0.05, 0) is 43.7 Å². The number of benzene rings is 2. The second-order valence-corrected chi connectivity index (χ2v) is 9.24. The number of nitrogens with one attached hydrogen (secondary N) is 2. The van der Waals surface area contributed by atoms with E-state index in [1.807, 2.05) is 0 Å². The van der Waals surface area contributed by atoms with E-state index in [0.717, 1.165) is 12.1 Å². The molecule has 2 aromatic carbocycles. The minimum Gasteiger partial charge on any atom is -0.365 e. The molecule has 0 bridgehead atoms. The molecule has 0 atom stereocenters. The molecule has 2 N–H and O–H groups in total. The largest absolute Gasteiger partial charge is 0.416 e. The lowest BCUT2D eigenvalue weighted by Crippen LogP contribution is -2.25. The van der Waals surface area contributed by atoms with E-state index in [9.17, 15) is 21.6 Å². The molecule has 0 unspecified atom stereocenters. The minimum absolute atomic E-state index is 0.0452. The van der Waals surface area contributed by atoms with E-state index < -0.39 is 21.8 Å². The van der Waals surface area contributed by atoms with Gasteiger partial charge in [0.1, 0.15) is 22.2 Å². The highest BCUT2D eigenvalue weighted by Gasteiger charge is 2.30. The summed E-state index contributed by atoms with van der Waals surface area (Å²) in [5.74, 6) is 0.711. The Labute approximate surface area is 193 Å². The molecule has 0 fully saturated rings. The number of anilines is 1. The Hall–Kier alpha value is -3.51. The molecular formula is C22H20F3N5O3S. The van der Waals surface area contributed by atoms with Crippen LogP contribution in [0.15, 0.2) is 57.9 Å². The van der Waals surface area contributed by atoms with Gasteiger partial charge in [-0.15, -0.1) is 0 Å². The number of fused-ring (bicyclic) bond motifs is 1. The standard InChI is InChI=1S/C22H20F3N5O3S/c1-13-20(14(2)33-30-13)34(31,32)27-12-19-28-18-9-4-3-8-17(18)21(29-19)26-11-15-6-5-7-16(10-15)22(23,24)25/h3-10,27H,11-12H2,1-2H3,(H,26,28,29). The average Bonchev–Trinajstić information content (AvgIpc) is 3.14. The van der Waals surface area contributed by atoms with Crippen LogP contribution in [0.3, 0.4) is 0 Å². The Bertz CT molecular complexity index is 1430. The van der Waals surface area contributed by atoms with Gasteiger partial charge < -0.3 is 9.84 Å². The van der Waals surface area contributed by atoms with E-state index in [-0.39, 0.29) is 35.3 Å². The highest BCUT2D eigenvalue weighted by atomic mass is 32.2. The molecule has 0 amide bonds. The molecule has 2 heterocycles. The van der Waals surface area contributed by atoms with E-state index in [2.05, 4.69) is 25.2 Å². The molecule has 12 heteroatoms. The van der Waals surface area contributed by atoms with Crippen LogP contribution in [0.5, 0.6) is 0 Å². The molecule has 8 nitrogen and oxygen atoms in total. The SMILES string of the molecule is Cc1noc(C)c1S(=O)(=O)NCc1nc(NCc2cccc(C(F)(F)F)c2)c2ccccc2n1. The predicted octanol–water partition coefficient (Wildman–Crippen LogP) is 4.34. The first kappa shape index (κ1) is 23.6. The second-order valence-electron chi connectivity index (χ2n) is 7.54. The summed E-state index contributed by atoms with van der Waals surface area (Å²) in [7, 11) is -3.93. The molecule has 4 rings (SSSR count). The van der Waals surface area contributed by atoms with E-state index in [0.29, 0.717) is 22.3 Å². The summed E-state index contributed by atoms with van der Waals surface area (Å²) in [6.07, 6.45) is -4.44. The number of hydrogen-bond donors (Lipinski definition) is 2. The smallest absolute Gasteiger partial charge is 0.365 e. The third kappa shape index (κ3) is 5.02. The molecule has 34 heavy (non-hydrogen) atoms. The lowest BCUT2D eigenvalue weighted by atomic mass is 10.1. The second kappa shape index (κ2) is 9.03. The van der Waals surface area contributed by atoms with Crippen molar-refractivity contribution in [1.82, 2.24) is 19.8 Å². The van der Waals surface area contributed by atoms with Crippen molar-refractivity contribution in [3.63, 3.8) is 0 Å². The monoisotopic (exact) mass is 491 g/mol. The summed E-state index contributed by atoms with van der Waals surface area (Å²) < 4.78 is 71.8. The van der Waals surface area contributed by atoms with Gasteiger partial charge in [0.05, 0.1) is 17.6 Å². The quantitative estimate of drug-likeness (QED) is 0.396. The van der Waals surface area contributed by atoms with Crippen molar-refractivity contribution >= 4 is 26.7 Å². The van der Waals surface area contributed by atoms with Gasteiger partial charge >= 0.3 is 6.18 Å². The number of halogens is 3. The van der Waals surface area contributed by atoms with Crippen molar-refractivity contribution in [1.29, 1.82) is 0 Å². The number of para-hydroxylation sites is 1. The van der Waals surface area contributed by atoms with Crippen LogP contribution < -0.4 is 10.0 Å². The van der Waals surface area contributed by atoms with Crippen molar-refractivity contribution in [3.8, 4) is 0 Å². The number of alkyl halides is 3. The zero-order valence-electron chi connectivity index (χ0n) is 18.1. The van der Waals surface area contributed by atoms with Crippen LogP contribution >= 0.6 is 0 Å². The Balaban J connectivity index is 1.59. The van der Waals surface area contributed by atoms with Crippen molar-refractivity contribution in [2.45, 2.75) is 38.0 Å². The first-order chi connectivity index (χ1) is 16.0. The van der Waals surface area contributed by atoms with Gasteiger partial charge in [0.25, 0.3) is 0 Å². The van der Waals surface area contributed by atoms with Crippen molar-refractivity contribution in [2.24, 2.45) is 0 Å². The number of hydrogen-bond acceptors (Lipinski definition) is 7. The van der Waals surface area contributed by atoms with Gasteiger partial charge in [0.2, 0.25) is 10.0 Å². The molecule has 0 radical (unpaired) electrons. The number of nitrogens with zero attached hydrogens (tertiary/aromatic N) is 3. The fraction of sp³-hybridized carbons (Fsp3) is 0.227. The predicted molar refractivity (Wildman–Crippen MR) is 118 cm³/mol. The topological polar surface area (TPSA) is 110 Å². The Morgan fingerprint density at radius 1 is 1.00 bits per heavy atom. The van der Waals surface area contributed by atoms with E-state index in [1.54, 1.807) is 30.3 Å². The maximum atomic E-state index is 13.0. The molecule has 0 saturated carbocycles. The number of sulfonamides is 1. The van der Waals surface area contributed by atoms with Gasteiger partial charge in [-0.25, -0.2) is 23.1 Å². The fourth-order valence-corrected chi connectivity index (χ4v) is 4.78. The number of aryl methyl sites for hydroxylation is 2. The molecule has 2 aromatic heterocycles. The molecule has 0 saturated heterocycles. The van der Waals surface area contributed by atoms with E-state index in [4.69, 9.17) is 4.52 Å². The molecule has 178 valence electrons. The molecular weight excluding hydrogens is 471 g/mol. The summed E-state index contributed by atoms with van der Waals surface area (Å²) in [6, 6.07) is 12.0. The van der Waals surface area contributed by atoms with Crippen molar-refractivity contribution in [2.75, 3.05) is 5.32 Å². The Morgan fingerprint density at radius 2 is 1.76 bits per heavy atom. The summed E-state index contributed by atoms with van der Waals surface area (Å²) >= 11 is 0. The van der Waals surface area contributed by atoms with E-state index in [1.165, 1.54) is 19.9 Å². The van der Waals surface area contributed by atoms with Gasteiger partial charge in [0.15, 0.2) is 5.76 Å². The van der Waals surface area contributed by atoms with Gasteiger partial charge in [0, 0.05) is 11.9 Å². The normalized spacial score (nSPS) is 12.3. The van der Waals surface area contributed by atoms with Crippen LogP contribution in [0.1, 0.15) is 28.4 Å². The highest BCUT2D eigenvalue weighted by Crippen LogP contribution is 2.30. The van der Waals surface area contributed by atoms with Crippen LogP contribution in [0, 0.1) is 13.8 Å². The summed E-state index contributed by atoms with van der Waals surface area (Å²) in [4.78, 5) is 8.76. The third-order valence-corrected chi connectivity index (χ3v) is 6.67. The summed E-state index contributed by atoms with van der Waals surface area (Å²) in [6.45, 7) is 2.88. The van der Waals surface area contributed by atoms with Gasteiger partial charge in [-0.2, -0.15) is 13.2 Å². The van der Waals surface area contributed by atoms with Crippen LogP contribution in [-0.2, 0) is 29.3 Å².